The summed E-state index contributed by atoms with van der Waals surface area (Å²) in [5.41, 5.74) is 0.976. The average Bonchev–Trinajstić information content (AvgIpc) is 3.08. The van der Waals surface area contributed by atoms with Crippen molar-refractivity contribution in [3.05, 3.63) is 69.0 Å². The first kappa shape index (κ1) is 18.8. The van der Waals surface area contributed by atoms with E-state index in [1.165, 1.54) is 10.1 Å². The molecule has 0 amide bonds. The molecule has 1 N–H and O–H groups in total. The Bertz CT molecular complexity index is 954. The number of carboxylic acids is 1. The predicted octanol–water partition coefficient (Wildman–Crippen LogP) is 6.24. The molecule has 140 valence electrons. The SMILES string of the molecule is O=C(O)C1CCCCN1C(c1ccc(Cl)c(Cl)c1)c1cc2ccccc2s1. The number of carbonyl (C=O) groups is 1. The molecule has 4 rings (SSSR count). The van der Waals surface area contributed by atoms with Crippen LogP contribution in [0.2, 0.25) is 10.0 Å². The third-order valence-corrected chi connectivity index (χ3v) is 7.04. The number of hydrogen-bond acceptors (Lipinski definition) is 3. The van der Waals surface area contributed by atoms with Gasteiger partial charge in [-0.05, 0) is 54.6 Å². The van der Waals surface area contributed by atoms with Gasteiger partial charge in [-0.1, -0.05) is 53.9 Å². The van der Waals surface area contributed by atoms with Gasteiger partial charge in [-0.3, -0.25) is 9.69 Å². The molecular formula is C21H19Cl2NO2S. The van der Waals surface area contributed by atoms with Crippen molar-refractivity contribution in [3.8, 4) is 0 Å². The fraction of sp³-hybridized carbons (Fsp3) is 0.286. The van der Waals surface area contributed by atoms with Crippen molar-refractivity contribution in [2.45, 2.75) is 31.3 Å². The molecule has 0 saturated carbocycles. The van der Waals surface area contributed by atoms with E-state index in [1.807, 2.05) is 24.3 Å². The van der Waals surface area contributed by atoms with Crippen LogP contribution in [-0.4, -0.2) is 28.6 Å². The van der Waals surface area contributed by atoms with Crippen molar-refractivity contribution < 1.29 is 9.90 Å². The molecule has 1 fully saturated rings. The first-order chi connectivity index (χ1) is 13.0. The third kappa shape index (κ3) is 3.72. The summed E-state index contributed by atoms with van der Waals surface area (Å²) in [6, 6.07) is 15.4. The molecule has 1 aliphatic rings. The Morgan fingerprint density at radius 3 is 2.67 bits per heavy atom. The Hall–Kier alpha value is -1.59. The van der Waals surface area contributed by atoms with E-state index in [4.69, 9.17) is 23.2 Å². The van der Waals surface area contributed by atoms with Crippen LogP contribution in [0.1, 0.15) is 35.7 Å². The fourth-order valence-electron chi connectivity index (χ4n) is 3.87. The van der Waals surface area contributed by atoms with Crippen molar-refractivity contribution in [3.63, 3.8) is 0 Å². The molecule has 1 aliphatic heterocycles. The Balaban J connectivity index is 1.85. The summed E-state index contributed by atoms with van der Waals surface area (Å²) in [5.74, 6) is -0.763. The van der Waals surface area contributed by atoms with E-state index in [0.717, 1.165) is 29.8 Å². The summed E-state index contributed by atoms with van der Waals surface area (Å²) >= 11 is 14.1. The van der Waals surface area contributed by atoms with Gasteiger partial charge in [0.2, 0.25) is 0 Å². The number of fused-ring (bicyclic) bond motifs is 1. The van der Waals surface area contributed by atoms with Gasteiger partial charge < -0.3 is 5.11 Å². The molecular weight excluding hydrogens is 401 g/mol. The Labute approximate surface area is 172 Å². The molecule has 1 saturated heterocycles. The number of halogens is 2. The van der Waals surface area contributed by atoms with Crippen molar-refractivity contribution in [2.24, 2.45) is 0 Å². The molecule has 0 bridgehead atoms. The first-order valence-corrected chi connectivity index (χ1v) is 10.5. The number of hydrogen-bond donors (Lipinski definition) is 1. The highest BCUT2D eigenvalue weighted by atomic mass is 35.5. The Morgan fingerprint density at radius 1 is 1.11 bits per heavy atom. The smallest absolute Gasteiger partial charge is 0.320 e. The van der Waals surface area contributed by atoms with E-state index in [9.17, 15) is 9.90 Å². The summed E-state index contributed by atoms with van der Waals surface area (Å²) < 4.78 is 1.20. The topological polar surface area (TPSA) is 40.5 Å². The molecule has 0 radical (unpaired) electrons. The highest BCUT2D eigenvalue weighted by Gasteiger charge is 2.36. The zero-order valence-electron chi connectivity index (χ0n) is 14.6. The number of piperidine rings is 1. The van der Waals surface area contributed by atoms with Gasteiger partial charge in [0.25, 0.3) is 0 Å². The Kier molecular flexibility index (Phi) is 5.42. The van der Waals surface area contributed by atoms with Crippen LogP contribution in [0.25, 0.3) is 10.1 Å². The van der Waals surface area contributed by atoms with Crippen molar-refractivity contribution in [1.82, 2.24) is 4.90 Å². The van der Waals surface area contributed by atoms with Gasteiger partial charge >= 0.3 is 5.97 Å². The van der Waals surface area contributed by atoms with Crippen LogP contribution in [0.4, 0.5) is 0 Å². The van der Waals surface area contributed by atoms with Crippen molar-refractivity contribution in [2.75, 3.05) is 6.54 Å². The molecule has 2 heterocycles. The molecule has 2 unspecified atom stereocenters. The predicted molar refractivity (Wildman–Crippen MR) is 112 cm³/mol. The third-order valence-electron chi connectivity index (χ3n) is 5.13. The van der Waals surface area contributed by atoms with Gasteiger partial charge in [0.05, 0.1) is 16.1 Å². The van der Waals surface area contributed by atoms with Crippen LogP contribution in [0.5, 0.6) is 0 Å². The van der Waals surface area contributed by atoms with Crippen LogP contribution in [0, 0.1) is 0 Å². The second-order valence-electron chi connectivity index (χ2n) is 6.85. The van der Waals surface area contributed by atoms with Crippen LogP contribution in [0.15, 0.2) is 48.5 Å². The minimum absolute atomic E-state index is 0.154. The lowest BCUT2D eigenvalue weighted by Gasteiger charge is -2.39. The maximum atomic E-state index is 11.9. The standard InChI is InChI=1S/C21H19Cl2NO2S/c22-15-9-8-14(11-16(15)23)20(24-10-4-3-6-17(24)21(25)26)19-12-13-5-1-2-7-18(13)27-19/h1-2,5,7-9,11-12,17,20H,3-4,6,10H2,(H,25,26). The summed E-state index contributed by atoms with van der Waals surface area (Å²) in [6.45, 7) is 0.746. The number of carboxylic acid groups (broad SMARTS) is 1. The maximum absolute atomic E-state index is 11.9. The summed E-state index contributed by atoms with van der Waals surface area (Å²) in [7, 11) is 0. The molecule has 6 heteroatoms. The van der Waals surface area contributed by atoms with Gasteiger partial charge in [-0.25, -0.2) is 0 Å². The molecule has 3 nitrogen and oxygen atoms in total. The minimum atomic E-state index is -0.763. The molecule has 27 heavy (non-hydrogen) atoms. The van der Waals surface area contributed by atoms with E-state index in [2.05, 4.69) is 23.1 Å². The second kappa shape index (κ2) is 7.80. The fourth-order valence-corrected chi connectivity index (χ4v) is 5.39. The van der Waals surface area contributed by atoms with Gasteiger partial charge in [0, 0.05) is 9.58 Å². The van der Waals surface area contributed by atoms with Crippen LogP contribution in [0.3, 0.4) is 0 Å². The van der Waals surface area contributed by atoms with E-state index in [0.29, 0.717) is 16.5 Å². The largest absolute Gasteiger partial charge is 0.480 e. The minimum Gasteiger partial charge on any atom is -0.480 e. The second-order valence-corrected chi connectivity index (χ2v) is 8.78. The number of likely N-dealkylation sites (tertiary alicyclic amines) is 1. The molecule has 1 aromatic heterocycles. The van der Waals surface area contributed by atoms with Gasteiger partial charge in [-0.15, -0.1) is 11.3 Å². The number of aliphatic carboxylic acids is 1. The van der Waals surface area contributed by atoms with Crippen LogP contribution < -0.4 is 0 Å². The van der Waals surface area contributed by atoms with Crippen molar-refractivity contribution in [1.29, 1.82) is 0 Å². The van der Waals surface area contributed by atoms with E-state index in [-0.39, 0.29) is 6.04 Å². The van der Waals surface area contributed by atoms with Crippen LogP contribution >= 0.6 is 34.5 Å². The lowest BCUT2D eigenvalue weighted by atomic mass is 9.95. The molecule has 0 aliphatic carbocycles. The lowest BCUT2D eigenvalue weighted by molar-refractivity contribution is -0.145. The quantitative estimate of drug-likeness (QED) is 0.544. The van der Waals surface area contributed by atoms with Gasteiger partial charge in [0.1, 0.15) is 6.04 Å². The van der Waals surface area contributed by atoms with E-state index in [1.54, 1.807) is 17.4 Å². The lowest BCUT2D eigenvalue weighted by Crippen LogP contribution is -2.46. The number of rotatable bonds is 4. The zero-order valence-corrected chi connectivity index (χ0v) is 16.9. The highest BCUT2D eigenvalue weighted by Crippen LogP contribution is 2.41. The van der Waals surface area contributed by atoms with E-state index < -0.39 is 12.0 Å². The maximum Gasteiger partial charge on any atom is 0.320 e. The number of thiophene rings is 1. The van der Waals surface area contributed by atoms with Crippen LogP contribution in [-0.2, 0) is 4.79 Å². The van der Waals surface area contributed by atoms with E-state index >= 15 is 0 Å². The molecule has 3 aromatic rings. The number of benzene rings is 2. The normalized spacial score (nSPS) is 19.3. The summed E-state index contributed by atoms with van der Waals surface area (Å²) in [4.78, 5) is 15.2. The average molecular weight is 420 g/mol. The summed E-state index contributed by atoms with van der Waals surface area (Å²) in [5, 5.41) is 12.0. The first-order valence-electron chi connectivity index (χ1n) is 8.96. The highest BCUT2D eigenvalue weighted by molar-refractivity contribution is 7.19. The zero-order chi connectivity index (χ0) is 19.0. The number of nitrogens with zero attached hydrogens (tertiary/aromatic N) is 1. The summed E-state index contributed by atoms with van der Waals surface area (Å²) in [6.07, 6.45) is 2.60. The Morgan fingerprint density at radius 2 is 1.93 bits per heavy atom. The van der Waals surface area contributed by atoms with Gasteiger partial charge in [0.15, 0.2) is 0 Å². The molecule has 2 aromatic carbocycles. The van der Waals surface area contributed by atoms with Gasteiger partial charge in [-0.2, -0.15) is 0 Å². The molecule has 0 spiro atoms. The van der Waals surface area contributed by atoms with Crippen molar-refractivity contribution >= 4 is 50.6 Å². The monoisotopic (exact) mass is 419 g/mol. The molecule has 2 atom stereocenters.